The second-order valence-electron chi connectivity index (χ2n) is 6.52. The van der Waals surface area contributed by atoms with Crippen molar-refractivity contribution < 1.29 is 18.4 Å². The van der Waals surface area contributed by atoms with Crippen molar-refractivity contribution in [2.75, 3.05) is 20.2 Å². The molecule has 0 aliphatic carbocycles. The van der Waals surface area contributed by atoms with Crippen LogP contribution in [0.1, 0.15) is 18.6 Å². The Morgan fingerprint density at radius 1 is 1.14 bits per heavy atom. The van der Waals surface area contributed by atoms with Gasteiger partial charge in [-0.25, -0.2) is 4.39 Å². The Morgan fingerprint density at radius 2 is 1.89 bits per heavy atom. The number of nitrogens with zero attached hydrogens (tertiary/aromatic N) is 2. The minimum atomic E-state index is -0.314. The molecular formula is C22H23FN2O3. The quantitative estimate of drug-likeness (QED) is 0.552. The van der Waals surface area contributed by atoms with Gasteiger partial charge < -0.3 is 14.2 Å². The number of amides is 1. The molecule has 1 aromatic heterocycles. The fourth-order valence-electron chi connectivity index (χ4n) is 2.77. The van der Waals surface area contributed by atoms with E-state index in [1.54, 1.807) is 24.1 Å². The van der Waals surface area contributed by atoms with Gasteiger partial charge in [-0.05, 0) is 30.7 Å². The number of carbonyl (C=O) groups excluding carboxylic acids is 1. The van der Waals surface area contributed by atoms with E-state index in [4.69, 9.17) is 9.26 Å². The van der Waals surface area contributed by atoms with E-state index in [9.17, 15) is 9.18 Å². The summed E-state index contributed by atoms with van der Waals surface area (Å²) in [6.07, 6.45) is 1.77. The topological polar surface area (TPSA) is 55.6 Å². The molecule has 0 saturated carbocycles. The first kappa shape index (κ1) is 19.6. The highest BCUT2D eigenvalue weighted by Crippen LogP contribution is 2.19. The van der Waals surface area contributed by atoms with E-state index in [1.165, 1.54) is 12.1 Å². The molecule has 28 heavy (non-hydrogen) atoms. The first-order chi connectivity index (χ1) is 13.6. The number of aryl methyl sites for hydroxylation is 1. The summed E-state index contributed by atoms with van der Waals surface area (Å²) in [5, 5.41) is 4.10. The van der Waals surface area contributed by atoms with Crippen LogP contribution < -0.4 is 4.74 Å². The van der Waals surface area contributed by atoms with Gasteiger partial charge in [0.2, 0.25) is 5.91 Å². The summed E-state index contributed by atoms with van der Waals surface area (Å²) >= 11 is 0. The van der Waals surface area contributed by atoms with Crippen LogP contribution in [0.2, 0.25) is 0 Å². The maximum absolute atomic E-state index is 12.8. The summed E-state index contributed by atoms with van der Waals surface area (Å²) in [5.41, 5.74) is 1.84. The highest BCUT2D eigenvalue weighted by Gasteiger charge is 2.10. The van der Waals surface area contributed by atoms with Crippen molar-refractivity contribution in [2.45, 2.75) is 19.3 Å². The van der Waals surface area contributed by atoms with Gasteiger partial charge >= 0.3 is 0 Å². The summed E-state index contributed by atoms with van der Waals surface area (Å²) < 4.78 is 23.7. The predicted octanol–water partition coefficient (Wildman–Crippen LogP) is 4.34. The van der Waals surface area contributed by atoms with Gasteiger partial charge in [0.05, 0.1) is 13.0 Å². The average molecular weight is 382 g/mol. The van der Waals surface area contributed by atoms with Crippen molar-refractivity contribution in [1.29, 1.82) is 0 Å². The standard InChI is InChI=1S/C22H23FN2O3/c1-25(22(26)13-15-27-19-11-9-18(23)10-12-19)14-5-8-20-16-21(24-28-20)17-6-3-2-4-7-17/h2-4,6-7,9-12,16H,5,8,13-15H2,1H3. The fourth-order valence-corrected chi connectivity index (χ4v) is 2.77. The molecule has 0 radical (unpaired) electrons. The SMILES string of the molecule is CN(CCCc1cc(-c2ccccc2)no1)C(=O)CCOc1ccc(F)cc1. The molecule has 0 bridgehead atoms. The minimum Gasteiger partial charge on any atom is -0.493 e. The van der Waals surface area contributed by atoms with Gasteiger partial charge in [0.15, 0.2) is 0 Å². The Kier molecular flexibility index (Phi) is 6.78. The van der Waals surface area contributed by atoms with E-state index in [0.717, 1.165) is 23.4 Å². The molecule has 2 aromatic carbocycles. The van der Waals surface area contributed by atoms with Crippen LogP contribution in [-0.2, 0) is 11.2 Å². The highest BCUT2D eigenvalue weighted by molar-refractivity contribution is 5.75. The number of carbonyl (C=O) groups is 1. The van der Waals surface area contributed by atoms with Crippen LogP contribution >= 0.6 is 0 Å². The number of rotatable bonds is 9. The molecule has 0 unspecified atom stereocenters. The lowest BCUT2D eigenvalue weighted by molar-refractivity contribution is -0.130. The number of aromatic nitrogens is 1. The fraction of sp³-hybridized carbons (Fsp3) is 0.273. The Labute approximate surface area is 163 Å². The monoisotopic (exact) mass is 382 g/mol. The maximum atomic E-state index is 12.8. The van der Waals surface area contributed by atoms with E-state index >= 15 is 0 Å². The normalized spacial score (nSPS) is 10.6. The van der Waals surface area contributed by atoms with Crippen LogP contribution in [0.4, 0.5) is 4.39 Å². The van der Waals surface area contributed by atoms with Crippen LogP contribution in [0, 0.1) is 5.82 Å². The highest BCUT2D eigenvalue weighted by atomic mass is 19.1. The van der Waals surface area contributed by atoms with E-state index < -0.39 is 0 Å². The van der Waals surface area contributed by atoms with Crippen LogP contribution in [0.3, 0.4) is 0 Å². The van der Waals surface area contributed by atoms with Crippen molar-refractivity contribution in [3.8, 4) is 17.0 Å². The molecule has 3 rings (SSSR count). The largest absolute Gasteiger partial charge is 0.493 e. The first-order valence-electron chi connectivity index (χ1n) is 9.25. The van der Waals surface area contributed by atoms with Crippen molar-refractivity contribution in [3.63, 3.8) is 0 Å². The number of halogens is 1. The Hall–Kier alpha value is -3.15. The Balaban J connectivity index is 1.37. The molecule has 0 aliphatic rings. The number of ether oxygens (including phenoxy) is 1. The van der Waals surface area contributed by atoms with E-state index in [-0.39, 0.29) is 24.8 Å². The van der Waals surface area contributed by atoms with Gasteiger partial charge in [0.1, 0.15) is 23.0 Å². The molecule has 3 aromatic rings. The van der Waals surface area contributed by atoms with E-state index in [2.05, 4.69) is 5.16 Å². The minimum absolute atomic E-state index is 0.00431. The average Bonchev–Trinajstić information content (AvgIpc) is 3.19. The van der Waals surface area contributed by atoms with E-state index in [1.807, 2.05) is 36.4 Å². The van der Waals surface area contributed by atoms with Gasteiger partial charge in [0, 0.05) is 31.6 Å². The number of hydrogen-bond acceptors (Lipinski definition) is 4. The predicted molar refractivity (Wildman–Crippen MR) is 104 cm³/mol. The molecule has 5 nitrogen and oxygen atoms in total. The lowest BCUT2D eigenvalue weighted by Gasteiger charge is -2.16. The van der Waals surface area contributed by atoms with Gasteiger partial charge in [-0.3, -0.25) is 4.79 Å². The first-order valence-corrected chi connectivity index (χ1v) is 9.25. The van der Waals surface area contributed by atoms with Gasteiger partial charge in [-0.15, -0.1) is 0 Å². The summed E-state index contributed by atoms with van der Waals surface area (Å²) in [5.74, 6) is 1.05. The van der Waals surface area contributed by atoms with Crippen molar-refractivity contribution in [2.24, 2.45) is 0 Å². The van der Waals surface area contributed by atoms with Crippen LogP contribution in [0.5, 0.6) is 5.75 Å². The third-order valence-electron chi connectivity index (χ3n) is 4.37. The second kappa shape index (κ2) is 9.69. The smallest absolute Gasteiger partial charge is 0.225 e. The molecule has 0 saturated heterocycles. The third kappa shape index (κ3) is 5.67. The summed E-state index contributed by atoms with van der Waals surface area (Å²) in [7, 11) is 1.77. The van der Waals surface area contributed by atoms with Gasteiger partial charge in [-0.1, -0.05) is 35.5 Å². The van der Waals surface area contributed by atoms with Gasteiger partial charge in [-0.2, -0.15) is 0 Å². The van der Waals surface area contributed by atoms with Crippen molar-refractivity contribution >= 4 is 5.91 Å². The molecule has 1 amide bonds. The Bertz CT molecular complexity index is 878. The van der Waals surface area contributed by atoms with Crippen LogP contribution in [-0.4, -0.2) is 36.2 Å². The summed E-state index contributed by atoms with van der Waals surface area (Å²) in [6.45, 7) is 0.883. The molecule has 0 N–H and O–H groups in total. The van der Waals surface area contributed by atoms with Crippen LogP contribution in [0.15, 0.2) is 65.2 Å². The zero-order valence-electron chi connectivity index (χ0n) is 15.8. The molecule has 0 aliphatic heterocycles. The molecule has 146 valence electrons. The van der Waals surface area contributed by atoms with Gasteiger partial charge in [0.25, 0.3) is 0 Å². The second-order valence-corrected chi connectivity index (χ2v) is 6.52. The number of hydrogen-bond donors (Lipinski definition) is 0. The van der Waals surface area contributed by atoms with Crippen LogP contribution in [0.25, 0.3) is 11.3 Å². The lowest BCUT2D eigenvalue weighted by atomic mass is 10.1. The number of benzene rings is 2. The zero-order chi connectivity index (χ0) is 19.8. The molecule has 0 spiro atoms. The van der Waals surface area contributed by atoms with Crippen molar-refractivity contribution in [3.05, 3.63) is 72.2 Å². The Morgan fingerprint density at radius 3 is 2.64 bits per heavy atom. The lowest BCUT2D eigenvalue weighted by Crippen LogP contribution is -2.29. The van der Waals surface area contributed by atoms with E-state index in [0.29, 0.717) is 18.7 Å². The summed E-state index contributed by atoms with van der Waals surface area (Å²) in [4.78, 5) is 13.9. The molecule has 1 heterocycles. The zero-order valence-corrected chi connectivity index (χ0v) is 15.8. The summed E-state index contributed by atoms with van der Waals surface area (Å²) in [6, 6.07) is 17.6. The molecular weight excluding hydrogens is 359 g/mol. The molecule has 0 fully saturated rings. The maximum Gasteiger partial charge on any atom is 0.225 e. The van der Waals surface area contributed by atoms with Crippen molar-refractivity contribution in [1.82, 2.24) is 10.1 Å². The third-order valence-corrected chi connectivity index (χ3v) is 4.37. The molecule has 6 heteroatoms. The molecule has 0 atom stereocenters.